The number of benzene rings is 3. The predicted molar refractivity (Wildman–Crippen MR) is 106 cm³/mol. The van der Waals surface area contributed by atoms with Gasteiger partial charge in [-0.1, -0.05) is 48.5 Å². The highest BCUT2D eigenvalue weighted by atomic mass is 32.1. The van der Waals surface area contributed by atoms with Crippen LogP contribution in [0.2, 0.25) is 0 Å². The Hall–Kier alpha value is -2.85. The van der Waals surface area contributed by atoms with Gasteiger partial charge in [0.05, 0.1) is 12.2 Å². The van der Waals surface area contributed by atoms with Crippen molar-refractivity contribution >= 4 is 24.4 Å². The van der Waals surface area contributed by atoms with E-state index in [1.165, 1.54) is 0 Å². The Labute approximate surface area is 159 Å². The highest BCUT2D eigenvalue weighted by molar-refractivity contribution is 7.80. The van der Waals surface area contributed by atoms with Gasteiger partial charge in [0.25, 0.3) is 0 Å². The zero-order valence-electron chi connectivity index (χ0n) is 14.5. The number of rotatable bonds is 4. The SMILES string of the molecule is CCOC(=O)c1ccccc1.O=C(c1ccccc1)c1ccc(S)cc1. The third kappa shape index (κ3) is 5.90. The average molecular weight is 364 g/mol. The molecule has 3 aromatic rings. The Kier molecular flexibility index (Phi) is 7.65. The molecule has 0 spiro atoms. The van der Waals surface area contributed by atoms with Gasteiger partial charge in [-0.05, 0) is 43.3 Å². The molecule has 0 aliphatic rings. The summed E-state index contributed by atoms with van der Waals surface area (Å²) in [5.41, 5.74) is 2.01. The summed E-state index contributed by atoms with van der Waals surface area (Å²) in [6.07, 6.45) is 0. The largest absolute Gasteiger partial charge is 0.462 e. The van der Waals surface area contributed by atoms with Crippen molar-refractivity contribution in [3.05, 3.63) is 102 Å². The number of esters is 1. The first kappa shape index (κ1) is 19.5. The van der Waals surface area contributed by atoms with Crippen LogP contribution in [0.4, 0.5) is 0 Å². The fourth-order valence-electron chi connectivity index (χ4n) is 2.16. The second-order valence-electron chi connectivity index (χ2n) is 5.33. The Morgan fingerprint density at radius 2 is 1.19 bits per heavy atom. The molecule has 0 saturated heterocycles. The normalized spacial score (nSPS) is 9.62. The Morgan fingerprint density at radius 3 is 1.69 bits per heavy atom. The summed E-state index contributed by atoms with van der Waals surface area (Å²) < 4.78 is 4.79. The van der Waals surface area contributed by atoms with E-state index in [1.54, 1.807) is 31.2 Å². The van der Waals surface area contributed by atoms with Gasteiger partial charge in [0.2, 0.25) is 0 Å². The highest BCUT2D eigenvalue weighted by Gasteiger charge is 2.07. The van der Waals surface area contributed by atoms with Crippen molar-refractivity contribution in [2.45, 2.75) is 11.8 Å². The second-order valence-corrected chi connectivity index (χ2v) is 5.84. The van der Waals surface area contributed by atoms with Crippen molar-refractivity contribution in [3.63, 3.8) is 0 Å². The van der Waals surface area contributed by atoms with Crippen molar-refractivity contribution in [2.24, 2.45) is 0 Å². The van der Waals surface area contributed by atoms with E-state index in [0.717, 1.165) is 4.90 Å². The van der Waals surface area contributed by atoms with E-state index in [0.29, 0.717) is 23.3 Å². The first-order valence-electron chi connectivity index (χ1n) is 8.22. The summed E-state index contributed by atoms with van der Waals surface area (Å²) in [7, 11) is 0. The van der Waals surface area contributed by atoms with Crippen LogP contribution in [0.3, 0.4) is 0 Å². The minimum atomic E-state index is -0.256. The molecule has 3 rings (SSSR count). The van der Waals surface area contributed by atoms with Crippen molar-refractivity contribution in [1.82, 2.24) is 0 Å². The summed E-state index contributed by atoms with van der Waals surface area (Å²) in [6.45, 7) is 2.22. The van der Waals surface area contributed by atoms with E-state index < -0.39 is 0 Å². The van der Waals surface area contributed by atoms with E-state index >= 15 is 0 Å². The van der Waals surface area contributed by atoms with Crippen molar-refractivity contribution in [2.75, 3.05) is 6.61 Å². The van der Waals surface area contributed by atoms with Crippen LogP contribution in [0.5, 0.6) is 0 Å². The van der Waals surface area contributed by atoms with Crippen LogP contribution in [-0.4, -0.2) is 18.4 Å². The number of carbonyl (C=O) groups is 2. The minimum Gasteiger partial charge on any atom is -0.462 e. The first-order chi connectivity index (χ1) is 12.6. The maximum Gasteiger partial charge on any atom is 0.338 e. The van der Waals surface area contributed by atoms with E-state index in [1.807, 2.05) is 60.7 Å². The third-order valence-electron chi connectivity index (χ3n) is 3.45. The number of ketones is 1. The van der Waals surface area contributed by atoms with Crippen LogP contribution in [0.25, 0.3) is 0 Å². The van der Waals surface area contributed by atoms with Crippen LogP contribution in [0, 0.1) is 0 Å². The minimum absolute atomic E-state index is 0.0453. The van der Waals surface area contributed by atoms with Crippen molar-refractivity contribution in [3.8, 4) is 0 Å². The van der Waals surface area contributed by atoms with E-state index in [-0.39, 0.29) is 11.8 Å². The Morgan fingerprint density at radius 1 is 0.731 bits per heavy atom. The zero-order chi connectivity index (χ0) is 18.8. The third-order valence-corrected chi connectivity index (χ3v) is 3.75. The van der Waals surface area contributed by atoms with Crippen LogP contribution >= 0.6 is 12.6 Å². The fourth-order valence-corrected chi connectivity index (χ4v) is 2.31. The fraction of sp³-hybridized carbons (Fsp3) is 0.0909. The zero-order valence-corrected chi connectivity index (χ0v) is 15.4. The molecule has 0 aliphatic carbocycles. The van der Waals surface area contributed by atoms with Gasteiger partial charge >= 0.3 is 5.97 Å². The molecule has 0 bridgehead atoms. The second kappa shape index (κ2) is 10.2. The number of hydrogen-bond acceptors (Lipinski definition) is 4. The van der Waals surface area contributed by atoms with Crippen molar-refractivity contribution in [1.29, 1.82) is 0 Å². The summed E-state index contributed by atoms with van der Waals surface area (Å²) >= 11 is 4.18. The van der Waals surface area contributed by atoms with Gasteiger partial charge in [0.1, 0.15) is 0 Å². The number of thiol groups is 1. The molecule has 0 N–H and O–H groups in total. The lowest BCUT2D eigenvalue weighted by molar-refractivity contribution is 0.0526. The molecule has 3 aromatic carbocycles. The summed E-state index contributed by atoms with van der Waals surface area (Å²) in [6, 6.07) is 25.4. The van der Waals surface area contributed by atoms with Crippen LogP contribution < -0.4 is 0 Å². The molecule has 0 atom stereocenters. The van der Waals surface area contributed by atoms with Gasteiger partial charge in [-0.3, -0.25) is 4.79 Å². The molecule has 0 unspecified atom stereocenters. The highest BCUT2D eigenvalue weighted by Crippen LogP contribution is 2.12. The van der Waals surface area contributed by atoms with Crippen molar-refractivity contribution < 1.29 is 14.3 Å². The molecule has 0 amide bonds. The summed E-state index contributed by atoms with van der Waals surface area (Å²) in [5, 5.41) is 0. The average Bonchev–Trinajstić information content (AvgIpc) is 2.70. The van der Waals surface area contributed by atoms with Gasteiger partial charge < -0.3 is 4.74 Å². The van der Waals surface area contributed by atoms with Gasteiger partial charge in [-0.2, -0.15) is 0 Å². The molecular weight excluding hydrogens is 344 g/mol. The standard InChI is InChI=1S/C13H10OS.C9H10O2/c14-13(10-4-2-1-3-5-10)11-6-8-12(15)9-7-11;1-2-11-9(10)8-6-4-3-5-7-8/h1-9,15H;3-7H,2H2,1H3. The molecule has 0 aromatic heterocycles. The molecule has 3 nitrogen and oxygen atoms in total. The van der Waals surface area contributed by atoms with Gasteiger partial charge in [0.15, 0.2) is 5.78 Å². The Bertz CT molecular complexity index is 828. The molecule has 0 saturated carbocycles. The Balaban J connectivity index is 0.000000197. The van der Waals surface area contributed by atoms with Gasteiger partial charge in [0, 0.05) is 16.0 Å². The maximum absolute atomic E-state index is 11.9. The lowest BCUT2D eigenvalue weighted by atomic mass is 10.0. The lowest BCUT2D eigenvalue weighted by Crippen LogP contribution is -2.03. The number of hydrogen-bond donors (Lipinski definition) is 1. The molecule has 0 fully saturated rings. The van der Waals surface area contributed by atoms with E-state index in [4.69, 9.17) is 4.74 Å². The van der Waals surface area contributed by atoms with E-state index in [2.05, 4.69) is 12.6 Å². The molecule has 0 heterocycles. The van der Waals surface area contributed by atoms with Gasteiger partial charge in [-0.15, -0.1) is 12.6 Å². The molecule has 0 aliphatic heterocycles. The molecule has 0 radical (unpaired) electrons. The predicted octanol–water partition coefficient (Wildman–Crippen LogP) is 5.07. The molecule has 26 heavy (non-hydrogen) atoms. The topological polar surface area (TPSA) is 43.4 Å². The van der Waals surface area contributed by atoms with Crippen LogP contribution in [-0.2, 0) is 4.74 Å². The molecular formula is C22H20O3S. The number of carbonyl (C=O) groups excluding carboxylic acids is 2. The quantitative estimate of drug-likeness (QED) is 0.399. The maximum atomic E-state index is 11.9. The van der Waals surface area contributed by atoms with Gasteiger partial charge in [-0.25, -0.2) is 4.79 Å². The first-order valence-corrected chi connectivity index (χ1v) is 8.67. The molecule has 4 heteroatoms. The molecule has 132 valence electrons. The number of ether oxygens (including phenoxy) is 1. The smallest absolute Gasteiger partial charge is 0.338 e. The summed E-state index contributed by atoms with van der Waals surface area (Å²) in [5.74, 6) is -0.211. The van der Waals surface area contributed by atoms with E-state index in [9.17, 15) is 9.59 Å². The monoisotopic (exact) mass is 364 g/mol. The van der Waals surface area contributed by atoms with Crippen LogP contribution in [0.15, 0.2) is 89.8 Å². The van der Waals surface area contributed by atoms with Crippen LogP contribution in [0.1, 0.15) is 33.2 Å². The summed E-state index contributed by atoms with van der Waals surface area (Å²) in [4.78, 5) is 23.8. The lowest BCUT2D eigenvalue weighted by Gasteiger charge is -2.00.